The highest BCUT2D eigenvalue weighted by Gasteiger charge is 2.37. The minimum Gasteiger partial charge on any atom is -0.229 e. The van der Waals surface area contributed by atoms with Crippen molar-refractivity contribution in [2.24, 2.45) is 0 Å². The molecule has 8 heteroatoms. The second-order valence-corrected chi connectivity index (χ2v) is 9.64. The van der Waals surface area contributed by atoms with Crippen molar-refractivity contribution in [1.82, 2.24) is 4.31 Å². The number of hydrogen-bond acceptors (Lipinski definition) is 4. The average Bonchev–Trinajstić information content (AvgIpc) is 2.24. The lowest BCUT2D eigenvalue weighted by Gasteiger charge is -2.31. The van der Waals surface area contributed by atoms with Gasteiger partial charge in [0.25, 0.3) is 0 Å². The molecule has 1 fully saturated rings. The summed E-state index contributed by atoms with van der Waals surface area (Å²) in [6.07, 6.45) is 0.381. The maximum absolute atomic E-state index is 12.4. The lowest BCUT2D eigenvalue weighted by Crippen LogP contribution is -2.46. The highest BCUT2D eigenvalue weighted by Crippen LogP contribution is 2.23. The number of rotatable bonds is 5. The topological polar surface area (TPSA) is 71.5 Å². The molecular weight excluding hydrogens is 298 g/mol. The van der Waals surface area contributed by atoms with Gasteiger partial charge in [-0.2, -0.15) is 4.31 Å². The van der Waals surface area contributed by atoms with E-state index in [0.717, 1.165) is 0 Å². The standard InChI is InChI=1S/C10H20ClNO4S2/c1-9(2)12(6-5-11)18(15,16)10-3-7-17(13,14)8-4-10/h9-10H,3-8H2,1-2H3. The van der Waals surface area contributed by atoms with Crippen LogP contribution in [0, 0.1) is 0 Å². The lowest BCUT2D eigenvalue weighted by molar-refractivity contribution is 0.362. The Morgan fingerprint density at radius 1 is 1.28 bits per heavy atom. The van der Waals surface area contributed by atoms with Gasteiger partial charge in [-0.25, -0.2) is 16.8 Å². The molecule has 108 valence electrons. The first kappa shape index (κ1) is 16.2. The Kier molecular flexibility index (Phi) is 5.46. The minimum absolute atomic E-state index is 0.0380. The Balaban J connectivity index is 2.86. The van der Waals surface area contributed by atoms with Crippen LogP contribution in [0.3, 0.4) is 0 Å². The summed E-state index contributed by atoms with van der Waals surface area (Å²) >= 11 is 5.63. The van der Waals surface area contributed by atoms with Gasteiger partial charge >= 0.3 is 0 Å². The Morgan fingerprint density at radius 2 is 1.78 bits per heavy atom. The predicted octanol–water partition coefficient (Wildman–Crippen LogP) is 0.843. The molecule has 0 saturated carbocycles. The molecule has 18 heavy (non-hydrogen) atoms. The Bertz CT molecular complexity index is 458. The van der Waals surface area contributed by atoms with Crippen molar-refractivity contribution in [3.8, 4) is 0 Å². The first-order chi connectivity index (χ1) is 8.20. The molecule has 1 rings (SSSR count). The molecule has 0 spiro atoms. The fourth-order valence-electron chi connectivity index (χ4n) is 2.12. The Labute approximate surface area is 114 Å². The molecular formula is C10H20ClNO4S2. The van der Waals surface area contributed by atoms with E-state index < -0.39 is 25.1 Å². The van der Waals surface area contributed by atoms with Gasteiger partial charge in [-0.3, -0.25) is 0 Å². The van der Waals surface area contributed by atoms with E-state index in [0.29, 0.717) is 0 Å². The molecule has 1 heterocycles. The maximum atomic E-state index is 12.4. The molecule has 0 amide bonds. The van der Waals surface area contributed by atoms with Gasteiger partial charge in [0.2, 0.25) is 10.0 Å². The number of alkyl halides is 1. The molecule has 0 aromatic heterocycles. The number of sulfonamides is 1. The van der Waals surface area contributed by atoms with Crippen LogP contribution in [-0.4, -0.2) is 56.4 Å². The molecule has 0 unspecified atom stereocenters. The van der Waals surface area contributed by atoms with Crippen LogP contribution in [0.25, 0.3) is 0 Å². The highest BCUT2D eigenvalue weighted by molar-refractivity contribution is 7.92. The smallest absolute Gasteiger partial charge is 0.217 e. The number of hydrogen-bond donors (Lipinski definition) is 0. The van der Waals surface area contributed by atoms with E-state index in [1.54, 1.807) is 13.8 Å². The third kappa shape index (κ3) is 3.82. The van der Waals surface area contributed by atoms with Crippen LogP contribution in [0.15, 0.2) is 0 Å². The molecule has 0 bridgehead atoms. The van der Waals surface area contributed by atoms with Crippen LogP contribution < -0.4 is 0 Å². The van der Waals surface area contributed by atoms with E-state index in [9.17, 15) is 16.8 Å². The van der Waals surface area contributed by atoms with Crippen LogP contribution in [-0.2, 0) is 19.9 Å². The summed E-state index contributed by atoms with van der Waals surface area (Å²) < 4.78 is 48.8. The minimum atomic E-state index is -3.45. The monoisotopic (exact) mass is 317 g/mol. The van der Waals surface area contributed by atoms with Gasteiger partial charge < -0.3 is 0 Å². The molecule has 0 aromatic carbocycles. The summed E-state index contributed by atoms with van der Waals surface area (Å²) in [4.78, 5) is 0. The molecule has 1 aliphatic heterocycles. The number of halogens is 1. The zero-order valence-corrected chi connectivity index (χ0v) is 13.1. The van der Waals surface area contributed by atoms with Gasteiger partial charge in [0.15, 0.2) is 0 Å². The number of sulfone groups is 1. The Morgan fingerprint density at radius 3 is 2.17 bits per heavy atom. The van der Waals surface area contributed by atoms with E-state index in [-0.39, 0.29) is 42.8 Å². The van der Waals surface area contributed by atoms with Crippen molar-refractivity contribution < 1.29 is 16.8 Å². The van der Waals surface area contributed by atoms with E-state index >= 15 is 0 Å². The average molecular weight is 318 g/mol. The van der Waals surface area contributed by atoms with E-state index in [4.69, 9.17) is 11.6 Å². The molecule has 0 N–H and O–H groups in total. The third-order valence-electron chi connectivity index (χ3n) is 3.13. The summed E-state index contributed by atoms with van der Waals surface area (Å²) in [7, 11) is -6.49. The summed E-state index contributed by atoms with van der Waals surface area (Å²) in [6, 6.07) is -0.160. The first-order valence-electron chi connectivity index (χ1n) is 5.98. The molecule has 0 radical (unpaired) electrons. The second kappa shape index (κ2) is 6.07. The van der Waals surface area contributed by atoms with Crippen LogP contribution in [0.4, 0.5) is 0 Å². The van der Waals surface area contributed by atoms with Crippen molar-refractivity contribution >= 4 is 31.5 Å². The van der Waals surface area contributed by atoms with Gasteiger partial charge in [0.05, 0.1) is 16.8 Å². The molecule has 0 atom stereocenters. The zero-order valence-electron chi connectivity index (χ0n) is 10.7. The maximum Gasteiger partial charge on any atom is 0.217 e. The quantitative estimate of drug-likeness (QED) is 0.705. The van der Waals surface area contributed by atoms with E-state index in [1.165, 1.54) is 4.31 Å². The van der Waals surface area contributed by atoms with Gasteiger partial charge in [-0.1, -0.05) is 0 Å². The van der Waals surface area contributed by atoms with Crippen molar-refractivity contribution in [2.45, 2.75) is 38.0 Å². The molecule has 1 saturated heterocycles. The SMILES string of the molecule is CC(C)N(CCCl)S(=O)(=O)C1CCS(=O)(=O)CC1. The summed E-state index contributed by atoms with van der Waals surface area (Å²) in [6.45, 7) is 3.86. The first-order valence-corrected chi connectivity index (χ1v) is 9.83. The predicted molar refractivity (Wildman–Crippen MR) is 73.2 cm³/mol. The van der Waals surface area contributed by atoms with Gasteiger partial charge in [0, 0.05) is 18.5 Å². The van der Waals surface area contributed by atoms with Crippen LogP contribution in [0.1, 0.15) is 26.7 Å². The highest BCUT2D eigenvalue weighted by atomic mass is 35.5. The van der Waals surface area contributed by atoms with Gasteiger partial charge in [-0.05, 0) is 26.7 Å². The number of nitrogens with zero attached hydrogens (tertiary/aromatic N) is 1. The molecule has 1 aliphatic rings. The van der Waals surface area contributed by atoms with Crippen LogP contribution in [0.2, 0.25) is 0 Å². The van der Waals surface area contributed by atoms with E-state index in [1.807, 2.05) is 0 Å². The zero-order chi connectivity index (χ0) is 14.0. The van der Waals surface area contributed by atoms with Crippen molar-refractivity contribution in [2.75, 3.05) is 23.9 Å². The Hall–Kier alpha value is 0.150. The summed E-state index contributed by atoms with van der Waals surface area (Å²) in [5.41, 5.74) is 0. The van der Waals surface area contributed by atoms with Gasteiger partial charge in [0.1, 0.15) is 9.84 Å². The van der Waals surface area contributed by atoms with E-state index in [2.05, 4.69) is 0 Å². The lowest BCUT2D eigenvalue weighted by atomic mass is 10.2. The molecule has 5 nitrogen and oxygen atoms in total. The molecule has 0 aliphatic carbocycles. The summed E-state index contributed by atoms with van der Waals surface area (Å²) in [5.74, 6) is 0.163. The van der Waals surface area contributed by atoms with Crippen molar-refractivity contribution in [3.05, 3.63) is 0 Å². The second-order valence-electron chi connectivity index (χ2n) is 4.79. The molecule has 0 aromatic rings. The normalized spacial score (nSPS) is 21.6. The van der Waals surface area contributed by atoms with Crippen molar-refractivity contribution in [1.29, 1.82) is 0 Å². The van der Waals surface area contributed by atoms with Crippen molar-refractivity contribution in [3.63, 3.8) is 0 Å². The van der Waals surface area contributed by atoms with Crippen LogP contribution in [0.5, 0.6) is 0 Å². The summed E-state index contributed by atoms with van der Waals surface area (Å²) in [5, 5.41) is -0.591. The third-order valence-corrected chi connectivity index (χ3v) is 7.59. The largest absolute Gasteiger partial charge is 0.229 e. The fourth-order valence-corrected chi connectivity index (χ4v) is 6.34. The van der Waals surface area contributed by atoms with Gasteiger partial charge in [-0.15, -0.1) is 11.6 Å². The fraction of sp³-hybridized carbons (Fsp3) is 1.00. The van der Waals surface area contributed by atoms with Crippen LogP contribution >= 0.6 is 11.6 Å².